The molecule has 1 heterocycles. The standard InChI is InChI=1S/C27H19BrClF3N2O5S/c1-38-22-9-5-17(27(30,31)32)12-20(22)33-24(35)13-34-25(36)23(40-26(34)37)11-16-4-8-21(19(28)10-16)39-14-15-2-6-18(29)7-3-15/h2-12H,13-14H2,1H3,(H,33,35)/b23-11-. The lowest BCUT2D eigenvalue weighted by molar-refractivity contribution is -0.137. The Labute approximate surface area is 244 Å². The SMILES string of the molecule is COc1ccc(C(F)(F)F)cc1NC(=O)CN1C(=O)S/C(=C\c2ccc(OCc3ccc(Cl)cc3)c(Br)c2)C1=O. The van der Waals surface area contributed by atoms with E-state index in [9.17, 15) is 27.6 Å². The summed E-state index contributed by atoms with van der Waals surface area (Å²) in [5.41, 5.74) is 0.275. The average Bonchev–Trinajstić information content (AvgIpc) is 3.15. The monoisotopic (exact) mass is 654 g/mol. The molecule has 3 amide bonds. The molecule has 0 atom stereocenters. The molecular weight excluding hydrogens is 637 g/mol. The summed E-state index contributed by atoms with van der Waals surface area (Å²) in [6.45, 7) is -0.384. The Morgan fingerprint density at radius 2 is 1.77 bits per heavy atom. The summed E-state index contributed by atoms with van der Waals surface area (Å²) in [7, 11) is 1.23. The van der Waals surface area contributed by atoms with Gasteiger partial charge < -0.3 is 14.8 Å². The van der Waals surface area contributed by atoms with E-state index < -0.39 is 35.3 Å². The van der Waals surface area contributed by atoms with Crippen LogP contribution in [0.5, 0.6) is 11.5 Å². The maximum absolute atomic E-state index is 13.1. The van der Waals surface area contributed by atoms with Crippen LogP contribution in [0.25, 0.3) is 6.08 Å². The van der Waals surface area contributed by atoms with Gasteiger partial charge in [0.2, 0.25) is 5.91 Å². The molecule has 0 bridgehead atoms. The van der Waals surface area contributed by atoms with Crippen molar-refractivity contribution >= 4 is 68.1 Å². The fourth-order valence-electron chi connectivity index (χ4n) is 3.57. The summed E-state index contributed by atoms with van der Waals surface area (Å²) in [6.07, 6.45) is -3.15. The molecule has 0 unspecified atom stereocenters. The van der Waals surface area contributed by atoms with Gasteiger partial charge in [-0.15, -0.1) is 0 Å². The first-order chi connectivity index (χ1) is 18.9. The first-order valence-corrected chi connectivity index (χ1v) is 13.4. The topological polar surface area (TPSA) is 84.9 Å². The van der Waals surface area contributed by atoms with Crippen LogP contribution in [0.3, 0.4) is 0 Å². The number of alkyl halides is 3. The van der Waals surface area contributed by atoms with E-state index in [1.165, 1.54) is 13.2 Å². The fraction of sp³-hybridized carbons (Fsp3) is 0.148. The molecule has 3 aromatic carbocycles. The van der Waals surface area contributed by atoms with Gasteiger partial charge in [-0.05, 0) is 87.4 Å². The highest BCUT2D eigenvalue weighted by Crippen LogP contribution is 2.36. The molecule has 4 rings (SSSR count). The van der Waals surface area contributed by atoms with Crippen LogP contribution < -0.4 is 14.8 Å². The molecule has 3 aromatic rings. The number of nitrogens with zero attached hydrogens (tertiary/aromatic N) is 1. The molecule has 208 valence electrons. The van der Waals surface area contributed by atoms with Crippen LogP contribution in [0, 0.1) is 0 Å². The number of amides is 3. The predicted molar refractivity (Wildman–Crippen MR) is 149 cm³/mol. The van der Waals surface area contributed by atoms with Crippen molar-refractivity contribution in [3.05, 3.63) is 91.8 Å². The lowest BCUT2D eigenvalue weighted by Crippen LogP contribution is -2.36. The second kappa shape index (κ2) is 12.4. The van der Waals surface area contributed by atoms with Gasteiger partial charge in [0.15, 0.2) is 0 Å². The average molecular weight is 656 g/mol. The van der Waals surface area contributed by atoms with Crippen LogP contribution in [0.4, 0.5) is 23.7 Å². The van der Waals surface area contributed by atoms with Gasteiger partial charge in [-0.25, -0.2) is 0 Å². The minimum absolute atomic E-state index is 0.0125. The molecule has 1 aliphatic rings. The Morgan fingerprint density at radius 3 is 2.42 bits per heavy atom. The van der Waals surface area contributed by atoms with Crippen LogP contribution >= 0.6 is 39.3 Å². The van der Waals surface area contributed by atoms with Crippen molar-refractivity contribution in [3.63, 3.8) is 0 Å². The summed E-state index contributed by atoms with van der Waals surface area (Å²) >= 11 is 9.98. The third-order valence-electron chi connectivity index (χ3n) is 5.54. The van der Waals surface area contributed by atoms with Gasteiger partial charge in [-0.1, -0.05) is 29.8 Å². The van der Waals surface area contributed by atoms with Crippen LogP contribution in [0.2, 0.25) is 5.02 Å². The largest absolute Gasteiger partial charge is 0.495 e. The van der Waals surface area contributed by atoms with Crippen molar-refractivity contribution in [2.24, 2.45) is 0 Å². The molecule has 7 nitrogen and oxygen atoms in total. The first-order valence-electron chi connectivity index (χ1n) is 11.4. The van der Waals surface area contributed by atoms with Crippen molar-refractivity contribution in [2.45, 2.75) is 12.8 Å². The molecule has 1 aliphatic heterocycles. The number of anilines is 1. The highest BCUT2D eigenvalue weighted by Gasteiger charge is 2.37. The molecule has 0 spiro atoms. The molecule has 1 fully saturated rings. The van der Waals surface area contributed by atoms with Crippen molar-refractivity contribution in [1.29, 1.82) is 0 Å². The number of carbonyl (C=O) groups excluding carboxylic acids is 3. The number of hydrogen-bond donors (Lipinski definition) is 1. The Hall–Kier alpha value is -3.48. The van der Waals surface area contributed by atoms with Gasteiger partial charge >= 0.3 is 6.18 Å². The van der Waals surface area contributed by atoms with Crippen molar-refractivity contribution in [2.75, 3.05) is 19.0 Å². The molecule has 13 heteroatoms. The number of hydrogen-bond acceptors (Lipinski definition) is 6. The lowest BCUT2D eigenvalue weighted by Gasteiger charge is -2.16. The zero-order valence-electron chi connectivity index (χ0n) is 20.6. The van der Waals surface area contributed by atoms with Gasteiger partial charge in [-0.2, -0.15) is 13.2 Å². The fourth-order valence-corrected chi connectivity index (χ4v) is 5.04. The van der Waals surface area contributed by atoms with Gasteiger partial charge in [-0.3, -0.25) is 19.3 Å². The number of imide groups is 1. The Morgan fingerprint density at radius 1 is 1.07 bits per heavy atom. The van der Waals surface area contributed by atoms with Gasteiger partial charge in [0.25, 0.3) is 11.1 Å². The minimum atomic E-state index is -4.64. The number of ether oxygens (including phenoxy) is 2. The lowest BCUT2D eigenvalue weighted by atomic mass is 10.1. The zero-order valence-corrected chi connectivity index (χ0v) is 23.7. The van der Waals surface area contributed by atoms with Gasteiger partial charge in [0, 0.05) is 5.02 Å². The first kappa shape index (κ1) is 29.5. The summed E-state index contributed by atoms with van der Waals surface area (Å²) in [4.78, 5) is 38.7. The van der Waals surface area contributed by atoms with Crippen molar-refractivity contribution in [1.82, 2.24) is 4.90 Å². The van der Waals surface area contributed by atoms with Crippen molar-refractivity contribution in [3.8, 4) is 11.5 Å². The maximum atomic E-state index is 13.1. The van der Waals surface area contributed by atoms with E-state index in [1.54, 1.807) is 30.3 Å². The summed E-state index contributed by atoms with van der Waals surface area (Å²) in [6, 6.07) is 14.9. The summed E-state index contributed by atoms with van der Waals surface area (Å²) < 4.78 is 50.7. The number of nitrogens with one attached hydrogen (secondary N) is 1. The molecule has 40 heavy (non-hydrogen) atoms. The number of carbonyl (C=O) groups is 3. The second-order valence-electron chi connectivity index (χ2n) is 8.33. The summed E-state index contributed by atoms with van der Waals surface area (Å²) in [5, 5.41) is 2.21. The Kier molecular flexibility index (Phi) is 9.12. The molecule has 0 aromatic heterocycles. The third kappa shape index (κ3) is 7.18. The number of benzene rings is 3. The molecule has 0 aliphatic carbocycles. The third-order valence-corrected chi connectivity index (χ3v) is 7.32. The van der Waals surface area contributed by atoms with Crippen LogP contribution in [-0.4, -0.2) is 35.6 Å². The molecule has 0 radical (unpaired) electrons. The van der Waals surface area contributed by atoms with Crippen molar-refractivity contribution < 1.29 is 37.0 Å². The Bertz CT molecular complexity index is 1500. The Balaban J connectivity index is 1.42. The van der Waals surface area contributed by atoms with Crippen LogP contribution in [0.15, 0.2) is 70.0 Å². The van der Waals surface area contributed by atoms with E-state index in [-0.39, 0.29) is 16.3 Å². The van der Waals surface area contributed by atoms with E-state index >= 15 is 0 Å². The maximum Gasteiger partial charge on any atom is 0.416 e. The van der Waals surface area contributed by atoms with Gasteiger partial charge in [0.1, 0.15) is 24.7 Å². The number of thioether (sulfide) groups is 1. The number of methoxy groups -OCH3 is 1. The smallest absolute Gasteiger partial charge is 0.416 e. The highest BCUT2D eigenvalue weighted by molar-refractivity contribution is 9.10. The molecular formula is C27H19BrClF3N2O5S. The second-order valence-corrected chi connectivity index (χ2v) is 10.6. The molecule has 1 N–H and O–H groups in total. The van der Waals surface area contributed by atoms with E-state index in [2.05, 4.69) is 21.2 Å². The van der Waals surface area contributed by atoms with Crippen LogP contribution in [0.1, 0.15) is 16.7 Å². The summed E-state index contributed by atoms with van der Waals surface area (Å²) in [5.74, 6) is -1.03. The van der Waals surface area contributed by atoms with E-state index in [1.807, 2.05) is 12.1 Å². The number of halogens is 5. The molecule has 1 saturated heterocycles. The normalized spacial score (nSPS) is 14.6. The minimum Gasteiger partial charge on any atom is -0.495 e. The van der Waals surface area contributed by atoms with E-state index in [0.29, 0.717) is 50.1 Å². The van der Waals surface area contributed by atoms with E-state index in [4.69, 9.17) is 21.1 Å². The zero-order chi connectivity index (χ0) is 29.0. The van der Waals surface area contributed by atoms with E-state index in [0.717, 1.165) is 17.7 Å². The highest BCUT2D eigenvalue weighted by atomic mass is 79.9. The molecule has 0 saturated carbocycles. The predicted octanol–water partition coefficient (Wildman–Crippen LogP) is 7.38. The van der Waals surface area contributed by atoms with Crippen LogP contribution in [-0.2, 0) is 22.4 Å². The number of rotatable bonds is 8. The quantitative estimate of drug-likeness (QED) is 0.255. The van der Waals surface area contributed by atoms with Gasteiger partial charge in [0.05, 0.1) is 27.7 Å².